The second-order valence-electron chi connectivity index (χ2n) is 4.43. The number of rotatable bonds is 6. The molecule has 0 bridgehead atoms. The van der Waals surface area contributed by atoms with Crippen molar-refractivity contribution in [3.8, 4) is 0 Å². The van der Waals surface area contributed by atoms with Crippen LogP contribution in [0.25, 0.3) is 0 Å². The Hall–Kier alpha value is -2.11. The third-order valence-electron chi connectivity index (χ3n) is 2.98. The lowest BCUT2D eigenvalue weighted by molar-refractivity contribution is -0.121. The van der Waals surface area contributed by atoms with E-state index >= 15 is 0 Å². The smallest absolute Gasteiger partial charge is 0.222 e. The van der Waals surface area contributed by atoms with Crippen LogP contribution in [0.4, 0.5) is 0 Å². The topological polar surface area (TPSA) is 64.7 Å². The van der Waals surface area contributed by atoms with Crippen molar-refractivity contribution in [2.24, 2.45) is 0 Å². The van der Waals surface area contributed by atoms with Gasteiger partial charge in [-0.3, -0.25) is 14.2 Å². The molecule has 102 valence electrons. The predicted octanol–water partition coefficient (Wildman–Crippen LogP) is 1.11. The van der Waals surface area contributed by atoms with Gasteiger partial charge in [0.25, 0.3) is 0 Å². The number of hydrogen-bond donors (Lipinski definition) is 1. The van der Waals surface area contributed by atoms with Crippen LogP contribution in [0.2, 0.25) is 0 Å². The second-order valence-corrected chi connectivity index (χ2v) is 4.43. The largest absolute Gasteiger partial charge is 0.352 e. The first-order chi connectivity index (χ1) is 9.19. The zero-order valence-electron chi connectivity index (χ0n) is 11.3. The maximum Gasteiger partial charge on any atom is 0.222 e. The Morgan fingerprint density at radius 1 is 1.42 bits per heavy atom. The highest BCUT2D eigenvalue weighted by molar-refractivity contribution is 5.75. The molecule has 0 saturated carbocycles. The summed E-state index contributed by atoms with van der Waals surface area (Å²) >= 11 is 0. The molecule has 0 aromatic carbocycles. The molecule has 1 N–H and O–H groups in total. The van der Waals surface area contributed by atoms with Crippen molar-refractivity contribution >= 4 is 5.91 Å². The van der Waals surface area contributed by atoms with Crippen molar-refractivity contribution in [1.82, 2.24) is 24.9 Å². The van der Waals surface area contributed by atoms with E-state index in [0.717, 1.165) is 17.8 Å². The molecule has 2 aromatic heterocycles. The van der Waals surface area contributed by atoms with Crippen LogP contribution in [0.1, 0.15) is 24.6 Å². The number of carbonyl (C=O) groups is 1. The number of carbonyl (C=O) groups excluding carboxylic acids is 1. The highest BCUT2D eigenvalue weighted by Gasteiger charge is 2.04. The number of aromatic nitrogens is 4. The number of hydrogen-bond acceptors (Lipinski definition) is 3. The molecule has 0 saturated heterocycles. The quantitative estimate of drug-likeness (QED) is 0.847. The highest BCUT2D eigenvalue weighted by Crippen LogP contribution is 1.99. The molecule has 6 nitrogen and oxygen atoms in total. The lowest BCUT2D eigenvalue weighted by Gasteiger charge is -2.05. The van der Waals surface area contributed by atoms with Gasteiger partial charge in [-0.1, -0.05) is 0 Å². The molecule has 19 heavy (non-hydrogen) atoms. The Morgan fingerprint density at radius 3 is 2.89 bits per heavy atom. The summed E-state index contributed by atoms with van der Waals surface area (Å²) in [5.74, 6) is 0.0270. The molecular weight excluding hydrogens is 242 g/mol. The molecule has 0 unspecified atom stereocenters. The van der Waals surface area contributed by atoms with Crippen molar-refractivity contribution < 1.29 is 4.79 Å². The van der Waals surface area contributed by atoms with Crippen LogP contribution in [0.15, 0.2) is 24.7 Å². The molecule has 0 aliphatic rings. The molecular formula is C13H19N5O. The maximum atomic E-state index is 11.7. The summed E-state index contributed by atoms with van der Waals surface area (Å²) in [5, 5.41) is 11.2. The Labute approximate surface area is 112 Å². The number of aryl methyl sites for hydroxylation is 3. The molecule has 0 radical (unpaired) electrons. The van der Waals surface area contributed by atoms with E-state index in [1.54, 1.807) is 12.4 Å². The van der Waals surface area contributed by atoms with Gasteiger partial charge in [-0.2, -0.15) is 10.2 Å². The number of nitrogens with zero attached hydrogens (tertiary/aromatic N) is 4. The number of amides is 1. The SMILES string of the molecule is CCn1cc(CNC(=O)CCn2nccc2C)cn1. The standard InChI is InChI=1S/C13H19N5O/c1-3-17-10-12(9-16-17)8-14-13(19)5-7-18-11(2)4-6-15-18/h4,6,9-10H,3,5,7-8H2,1-2H3,(H,14,19). The van der Waals surface area contributed by atoms with E-state index in [-0.39, 0.29) is 5.91 Å². The van der Waals surface area contributed by atoms with Gasteiger partial charge in [0.15, 0.2) is 0 Å². The normalized spacial score (nSPS) is 10.6. The highest BCUT2D eigenvalue weighted by atomic mass is 16.1. The van der Waals surface area contributed by atoms with Gasteiger partial charge in [0.05, 0.1) is 6.20 Å². The Bertz CT molecular complexity index is 543. The molecule has 2 heterocycles. The fourth-order valence-corrected chi connectivity index (χ4v) is 1.80. The van der Waals surface area contributed by atoms with E-state index in [1.165, 1.54) is 0 Å². The lowest BCUT2D eigenvalue weighted by atomic mass is 10.3. The predicted molar refractivity (Wildman–Crippen MR) is 71.3 cm³/mol. The van der Waals surface area contributed by atoms with E-state index in [2.05, 4.69) is 15.5 Å². The number of nitrogens with one attached hydrogen (secondary N) is 1. The summed E-state index contributed by atoms with van der Waals surface area (Å²) < 4.78 is 3.67. The van der Waals surface area contributed by atoms with E-state index in [9.17, 15) is 4.79 Å². The van der Waals surface area contributed by atoms with Crippen molar-refractivity contribution in [2.75, 3.05) is 0 Å². The summed E-state index contributed by atoms with van der Waals surface area (Å²) in [6.45, 7) is 5.98. The van der Waals surface area contributed by atoms with E-state index in [0.29, 0.717) is 19.5 Å². The first-order valence-electron chi connectivity index (χ1n) is 6.45. The summed E-state index contributed by atoms with van der Waals surface area (Å²) in [4.78, 5) is 11.7. The average molecular weight is 261 g/mol. The van der Waals surface area contributed by atoms with Crippen LogP contribution in [-0.4, -0.2) is 25.5 Å². The Morgan fingerprint density at radius 2 is 2.26 bits per heavy atom. The maximum absolute atomic E-state index is 11.7. The van der Waals surface area contributed by atoms with E-state index in [4.69, 9.17) is 0 Å². The van der Waals surface area contributed by atoms with Crippen LogP contribution >= 0.6 is 0 Å². The monoisotopic (exact) mass is 261 g/mol. The van der Waals surface area contributed by atoms with E-state index < -0.39 is 0 Å². The van der Waals surface area contributed by atoms with Gasteiger partial charge in [0, 0.05) is 49.7 Å². The summed E-state index contributed by atoms with van der Waals surface area (Å²) in [6, 6.07) is 1.93. The average Bonchev–Trinajstić information content (AvgIpc) is 3.02. The van der Waals surface area contributed by atoms with Crippen LogP contribution in [-0.2, 0) is 24.4 Å². The lowest BCUT2D eigenvalue weighted by Crippen LogP contribution is -2.24. The Balaban J connectivity index is 1.74. The van der Waals surface area contributed by atoms with Gasteiger partial charge in [-0.25, -0.2) is 0 Å². The molecule has 0 aliphatic heterocycles. The van der Waals surface area contributed by atoms with Crippen molar-refractivity contribution in [3.05, 3.63) is 35.9 Å². The van der Waals surface area contributed by atoms with Gasteiger partial charge >= 0.3 is 0 Å². The molecule has 0 aliphatic carbocycles. The minimum Gasteiger partial charge on any atom is -0.352 e. The van der Waals surface area contributed by atoms with Crippen LogP contribution < -0.4 is 5.32 Å². The van der Waals surface area contributed by atoms with Crippen molar-refractivity contribution in [3.63, 3.8) is 0 Å². The van der Waals surface area contributed by atoms with E-state index in [1.807, 2.05) is 35.5 Å². The summed E-state index contributed by atoms with van der Waals surface area (Å²) in [5.41, 5.74) is 2.09. The first kappa shape index (κ1) is 13.3. The molecule has 0 fully saturated rings. The molecule has 1 amide bonds. The zero-order chi connectivity index (χ0) is 13.7. The zero-order valence-corrected chi connectivity index (χ0v) is 11.3. The van der Waals surface area contributed by atoms with Crippen LogP contribution in [0, 0.1) is 6.92 Å². The minimum atomic E-state index is 0.0270. The van der Waals surface area contributed by atoms with Crippen molar-refractivity contribution in [1.29, 1.82) is 0 Å². The molecule has 6 heteroatoms. The molecule has 0 spiro atoms. The van der Waals surface area contributed by atoms with Crippen molar-refractivity contribution in [2.45, 2.75) is 39.9 Å². The van der Waals surface area contributed by atoms with Gasteiger partial charge in [-0.15, -0.1) is 0 Å². The first-order valence-corrected chi connectivity index (χ1v) is 6.45. The fourth-order valence-electron chi connectivity index (χ4n) is 1.80. The molecule has 2 aromatic rings. The second kappa shape index (κ2) is 6.17. The van der Waals surface area contributed by atoms with Crippen LogP contribution in [0.5, 0.6) is 0 Å². The van der Waals surface area contributed by atoms with Gasteiger partial charge in [0.1, 0.15) is 0 Å². The Kier molecular flexibility index (Phi) is 4.33. The molecule has 2 rings (SSSR count). The summed E-state index contributed by atoms with van der Waals surface area (Å²) in [7, 11) is 0. The van der Waals surface area contributed by atoms with Gasteiger partial charge in [-0.05, 0) is 19.9 Å². The van der Waals surface area contributed by atoms with Gasteiger partial charge < -0.3 is 5.32 Å². The third kappa shape index (κ3) is 3.67. The fraction of sp³-hybridized carbons (Fsp3) is 0.462. The molecule has 0 atom stereocenters. The third-order valence-corrected chi connectivity index (χ3v) is 2.98. The van der Waals surface area contributed by atoms with Gasteiger partial charge in [0.2, 0.25) is 5.91 Å². The minimum absolute atomic E-state index is 0.0270. The summed E-state index contributed by atoms with van der Waals surface area (Å²) in [6.07, 6.45) is 5.90. The van der Waals surface area contributed by atoms with Crippen LogP contribution in [0.3, 0.4) is 0 Å².